The van der Waals surface area contributed by atoms with Gasteiger partial charge in [-0.15, -0.1) is 0 Å². The molecule has 1 aromatic heterocycles. The highest BCUT2D eigenvalue weighted by Gasteiger charge is 2.30. The number of rotatable bonds is 9. The van der Waals surface area contributed by atoms with Crippen molar-refractivity contribution in [2.24, 2.45) is 0 Å². The molecule has 10 nitrogen and oxygen atoms in total. The van der Waals surface area contributed by atoms with Crippen LogP contribution < -0.4 is 10.6 Å². The lowest BCUT2D eigenvalue weighted by atomic mass is 9.98. The van der Waals surface area contributed by atoms with E-state index in [4.69, 9.17) is 4.74 Å². The van der Waals surface area contributed by atoms with Gasteiger partial charge in [0.1, 0.15) is 12.6 Å². The minimum atomic E-state index is -1.18. The summed E-state index contributed by atoms with van der Waals surface area (Å²) >= 11 is 1.46. The second kappa shape index (κ2) is 10.4. The standard InChI is InChI=1S/C23H22N4O6S/c1-34-11-10-18(22(29)30)24-21(28)19-20(27-33-26-19)25-23(31)32-12-17-15-8-4-2-6-13(15)14-7-3-5-9-16(14)17/h2-9,17-18H,10-12H2,1H3,(H,24,28)(H,29,30)(H,25,27,31)/t18-/m1/s1. The average Bonchev–Trinajstić information content (AvgIpc) is 3.42. The SMILES string of the molecule is CSCC[C@@H](NC(=O)c1nonc1NC(=O)OCC1c2ccccc2-c2ccccc21)C(=O)O. The molecule has 4 rings (SSSR count). The number of benzene rings is 2. The summed E-state index contributed by atoms with van der Waals surface area (Å²) in [5.41, 5.74) is 3.97. The van der Waals surface area contributed by atoms with E-state index < -0.39 is 24.0 Å². The van der Waals surface area contributed by atoms with Gasteiger partial charge in [0.05, 0.1) is 0 Å². The summed E-state index contributed by atoms with van der Waals surface area (Å²) in [4.78, 5) is 36.3. The molecule has 1 aliphatic rings. The maximum atomic E-state index is 12.5. The summed E-state index contributed by atoms with van der Waals surface area (Å²) in [5, 5.41) is 21.0. The van der Waals surface area contributed by atoms with Crippen molar-refractivity contribution >= 4 is 35.5 Å². The molecule has 0 radical (unpaired) electrons. The fourth-order valence-electron chi connectivity index (χ4n) is 3.87. The van der Waals surface area contributed by atoms with Crippen molar-refractivity contribution < 1.29 is 28.9 Å². The number of aliphatic carboxylic acids is 1. The minimum absolute atomic E-state index is 0.0719. The molecule has 3 N–H and O–H groups in total. The van der Waals surface area contributed by atoms with Crippen LogP contribution in [0.1, 0.15) is 34.0 Å². The molecular weight excluding hydrogens is 460 g/mol. The molecule has 1 heterocycles. The Hall–Kier alpha value is -3.86. The largest absolute Gasteiger partial charge is 0.480 e. The molecule has 1 atom stereocenters. The molecule has 0 unspecified atom stereocenters. The molecule has 0 aliphatic heterocycles. The van der Waals surface area contributed by atoms with Crippen molar-refractivity contribution in [1.29, 1.82) is 0 Å². The zero-order valence-electron chi connectivity index (χ0n) is 18.2. The van der Waals surface area contributed by atoms with Crippen LogP contribution in [0.3, 0.4) is 0 Å². The first-order valence-corrected chi connectivity index (χ1v) is 11.9. The number of ether oxygens (including phenoxy) is 1. The van der Waals surface area contributed by atoms with Crippen molar-refractivity contribution in [3.05, 3.63) is 65.4 Å². The van der Waals surface area contributed by atoms with Gasteiger partial charge in [-0.1, -0.05) is 48.5 Å². The minimum Gasteiger partial charge on any atom is -0.480 e. The van der Waals surface area contributed by atoms with Gasteiger partial charge in [-0.05, 0) is 51.0 Å². The molecule has 0 bridgehead atoms. The lowest BCUT2D eigenvalue weighted by Gasteiger charge is -2.14. The van der Waals surface area contributed by atoms with Gasteiger partial charge in [0.25, 0.3) is 5.91 Å². The van der Waals surface area contributed by atoms with Crippen LogP contribution in [0, 0.1) is 0 Å². The van der Waals surface area contributed by atoms with Gasteiger partial charge in [-0.25, -0.2) is 14.2 Å². The Balaban J connectivity index is 1.40. The second-order valence-corrected chi connectivity index (χ2v) is 8.54. The highest BCUT2D eigenvalue weighted by molar-refractivity contribution is 7.98. The number of thioether (sulfide) groups is 1. The lowest BCUT2D eigenvalue weighted by molar-refractivity contribution is -0.139. The van der Waals surface area contributed by atoms with Crippen molar-refractivity contribution in [3.8, 4) is 11.1 Å². The zero-order valence-corrected chi connectivity index (χ0v) is 19.0. The van der Waals surface area contributed by atoms with E-state index in [1.807, 2.05) is 54.8 Å². The summed E-state index contributed by atoms with van der Waals surface area (Å²) in [7, 11) is 0. The summed E-state index contributed by atoms with van der Waals surface area (Å²) in [6.45, 7) is 0.0719. The first kappa shape index (κ1) is 23.3. The Kier molecular flexibility index (Phi) is 7.12. The molecule has 0 fully saturated rings. The van der Waals surface area contributed by atoms with Gasteiger partial charge in [-0.2, -0.15) is 11.8 Å². The monoisotopic (exact) mass is 482 g/mol. The van der Waals surface area contributed by atoms with Gasteiger partial charge in [0.2, 0.25) is 11.5 Å². The predicted molar refractivity (Wildman–Crippen MR) is 125 cm³/mol. The number of aromatic nitrogens is 2. The van der Waals surface area contributed by atoms with Crippen molar-refractivity contribution in [2.75, 3.05) is 23.9 Å². The van der Waals surface area contributed by atoms with Crippen LogP contribution in [-0.4, -0.2) is 58.0 Å². The number of carbonyl (C=O) groups is 3. The number of carboxylic acids is 1. The van der Waals surface area contributed by atoms with Crippen LogP contribution >= 0.6 is 11.8 Å². The predicted octanol–water partition coefficient (Wildman–Crippen LogP) is 3.37. The topological polar surface area (TPSA) is 144 Å². The van der Waals surface area contributed by atoms with E-state index in [9.17, 15) is 19.5 Å². The number of amides is 2. The Morgan fingerprint density at radius 2 is 1.74 bits per heavy atom. The third-order valence-electron chi connectivity index (χ3n) is 5.48. The van der Waals surface area contributed by atoms with E-state index in [-0.39, 0.29) is 30.5 Å². The molecule has 34 heavy (non-hydrogen) atoms. The van der Waals surface area contributed by atoms with Crippen LogP contribution in [0.2, 0.25) is 0 Å². The number of hydrogen-bond acceptors (Lipinski definition) is 8. The quantitative estimate of drug-likeness (QED) is 0.418. The van der Waals surface area contributed by atoms with Crippen LogP contribution in [0.25, 0.3) is 11.1 Å². The Labute approximate surface area is 199 Å². The number of carboxylic acid groups (broad SMARTS) is 1. The summed E-state index contributed by atoms with van der Waals surface area (Å²) in [6.07, 6.45) is 1.21. The highest BCUT2D eigenvalue weighted by atomic mass is 32.2. The molecule has 2 amide bonds. The van der Waals surface area contributed by atoms with E-state index in [2.05, 4.69) is 25.6 Å². The maximum absolute atomic E-state index is 12.5. The van der Waals surface area contributed by atoms with Crippen molar-refractivity contribution in [2.45, 2.75) is 18.4 Å². The molecule has 176 valence electrons. The lowest BCUT2D eigenvalue weighted by Crippen LogP contribution is -2.41. The maximum Gasteiger partial charge on any atom is 0.412 e. The number of nitrogens with one attached hydrogen (secondary N) is 2. The number of fused-ring (bicyclic) bond motifs is 3. The molecular formula is C23H22N4O6S. The molecule has 0 saturated carbocycles. The van der Waals surface area contributed by atoms with Crippen molar-refractivity contribution in [1.82, 2.24) is 15.6 Å². The highest BCUT2D eigenvalue weighted by Crippen LogP contribution is 2.44. The molecule has 0 spiro atoms. The Morgan fingerprint density at radius 1 is 1.09 bits per heavy atom. The molecule has 2 aromatic carbocycles. The third-order valence-corrected chi connectivity index (χ3v) is 6.13. The molecule has 1 aliphatic carbocycles. The van der Waals surface area contributed by atoms with Crippen LogP contribution in [0.4, 0.5) is 10.6 Å². The van der Waals surface area contributed by atoms with E-state index in [1.54, 1.807) is 0 Å². The van der Waals surface area contributed by atoms with Crippen LogP contribution in [-0.2, 0) is 9.53 Å². The first-order chi connectivity index (χ1) is 16.5. The van der Waals surface area contributed by atoms with Gasteiger partial charge in [0.15, 0.2) is 0 Å². The van der Waals surface area contributed by atoms with Gasteiger partial charge in [0, 0.05) is 5.92 Å². The fraction of sp³-hybridized carbons (Fsp3) is 0.261. The van der Waals surface area contributed by atoms with Crippen molar-refractivity contribution in [3.63, 3.8) is 0 Å². The third kappa shape index (κ3) is 4.88. The van der Waals surface area contributed by atoms with E-state index in [1.165, 1.54) is 11.8 Å². The first-order valence-electron chi connectivity index (χ1n) is 10.5. The molecule has 0 saturated heterocycles. The summed E-state index contributed by atoms with van der Waals surface area (Å²) in [5.74, 6) is -1.86. The van der Waals surface area contributed by atoms with Gasteiger partial charge >= 0.3 is 12.1 Å². The summed E-state index contributed by atoms with van der Waals surface area (Å²) in [6, 6.07) is 14.8. The fourth-order valence-corrected chi connectivity index (χ4v) is 4.34. The molecule has 11 heteroatoms. The number of carbonyl (C=O) groups excluding carboxylic acids is 2. The van der Waals surface area contributed by atoms with Gasteiger partial charge < -0.3 is 15.2 Å². The average molecular weight is 483 g/mol. The normalized spacial score (nSPS) is 13.0. The van der Waals surface area contributed by atoms with E-state index >= 15 is 0 Å². The van der Waals surface area contributed by atoms with E-state index in [0.717, 1.165) is 22.3 Å². The number of hydrogen-bond donors (Lipinski definition) is 3. The summed E-state index contributed by atoms with van der Waals surface area (Å²) < 4.78 is 10.0. The van der Waals surface area contributed by atoms with Crippen LogP contribution in [0.15, 0.2) is 53.2 Å². The number of anilines is 1. The van der Waals surface area contributed by atoms with Crippen LogP contribution in [0.5, 0.6) is 0 Å². The molecule has 3 aromatic rings. The second-order valence-electron chi connectivity index (χ2n) is 7.56. The smallest absolute Gasteiger partial charge is 0.412 e. The number of nitrogens with zero attached hydrogens (tertiary/aromatic N) is 2. The Morgan fingerprint density at radius 3 is 2.35 bits per heavy atom. The van der Waals surface area contributed by atoms with Gasteiger partial charge in [-0.3, -0.25) is 10.1 Å². The zero-order chi connectivity index (χ0) is 24.1. The van der Waals surface area contributed by atoms with E-state index in [0.29, 0.717) is 5.75 Å². The Bertz CT molecular complexity index is 1170.